The average Bonchev–Trinajstić information content (AvgIpc) is 1.81. The Labute approximate surface area is 47.6 Å². The van der Waals surface area contributed by atoms with Gasteiger partial charge in [0.05, 0.1) is 0 Å². The summed E-state index contributed by atoms with van der Waals surface area (Å²) in [6, 6.07) is 0. The van der Waals surface area contributed by atoms with Gasteiger partial charge in [0.25, 0.3) is 0 Å². The fourth-order valence-corrected chi connectivity index (χ4v) is 0. The molecule has 7 heteroatoms. The summed E-state index contributed by atoms with van der Waals surface area (Å²) in [6.45, 7) is 0. The second-order valence-corrected chi connectivity index (χ2v) is 0. The summed E-state index contributed by atoms with van der Waals surface area (Å²) in [5.74, 6) is 0. The van der Waals surface area contributed by atoms with Gasteiger partial charge in [0.2, 0.25) is 0 Å². The van der Waals surface area contributed by atoms with Gasteiger partial charge in [-0.2, -0.15) is 0 Å². The molecule has 47 valence electrons. The molecule has 0 atom stereocenters. The van der Waals surface area contributed by atoms with E-state index in [-0.39, 0.29) is 17.1 Å². The van der Waals surface area contributed by atoms with Gasteiger partial charge in [-0.15, -0.1) is 0 Å². The Morgan fingerprint density at radius 2 is 0.571 bits per heavy atom. The van der Waals surface area contributed by atoms with Crippen LogP contribution in [0.5, 0.6) is 0 Å². The molecule has 0 aromatic carbocycles. The van der Waals surface area contributed by atoms with E-state index in [0.717, 1.165) is 0 Å². The van der Waals surface area contributed by atoms with E-state index in [0.29, 0.717) is 0 Å². The summed E-state index contributed by atoms with van der Waals surface area (Å²) in [7, 11) is 0. The topological polar surface area (TPSA) is 69.2 Å². The van der Waals surface area contributed by atoms with Crippen LogP contribution in [-0.4, -0.2) is 0 Å². The molecule has 7 heavy (non-hydrogen) atoms. The van der Waals surface area contributed by atoms with Gasteiger partial charge in [-0.1, -0.05) is 0 Å². The van der Waals surface area contributed by atoms with Gasteiger partial charge in [0.15, 0.2) is 0 Å². The zero-order chi connectivity index (χ0) is 6.00. The number of halogens is 3. The van der Waals surface area contributed by atoms with Crippen LogP contribution in [0, 0.1) is 0 Å². The van der Waals surface area contributed by atoms with Crippen LogP contribution in [0.4, 0.5) is 13.6 Å². The molecule has 0 aliphatic carbocycles. The van der Waals surface area contributed by atoms with Crippen LogP contribution in [0.15, 0.2) is 0 Å². The Kier molecular flexibility index (Phi) is 18000. The van der Waals surface area contributed by atoms with Crippen molar-refractivity contribution < 1.29 is 46.6 Å². The molecular formula is F3FeO3. The first kappa shape index (κ1) is 27.1. The number of rotatable bonds is 0. The average molecular weight is 161 g/mol. The predicted octanol–water partition coefficient (Wildman–Crippen LogP) is -2.31. The van der Waals surface area contributed by atoms with Crippen LogP contribution in [0.2, 0.25) is 0 Å². The van der Waals surface area contributed by atoms with Crippen molar-refractivity contribution in [3.05, 3.63) is 0 Å². The fourth-order valence-electron chi connectivity index (χ4n) is 0. The van der Waals surface area contributed by atoms with Gasteiger partial charge < -0.3 is 29.5 Å². The quantitative estimate of drug-likeness (QED) is 0.374. The molecule has 0 heterocycles. The van der Waals surface area contributed by atoms with Crippen molar-refractivity contribution in [3.8, 4) is 0 Å². The van der Waals surface area contributed by atoms with Crippen molar-refractivity contribution in [1.29, 1.82) is 0 Å². The van der Waals surface area contributed by atoms with Crippen molar-refractivity contribution in [3.63, 3.8) is 0 Å². The minimum Gasteiger partial charge on any atom is -0.682 e. The number of hydrogen-bond donors (Lipinski definition) is 0. The monoisotopic (exact) mass is 161 g/mol. The second kappa shape index (κ2) is 4640. The van der Waals surface area contributed by atoms with Gasteiger partial charge >= 0.3 is 17.1 Å². The zero-order valence-electron chi connectivity index (χ0n) is 2.71. The first-order valence-corrected chi connectivity index (χ1v) is 0.463. The maximum absolute atomic E-state index is 8.25. The third-order valence-corrected chi connectivity index (χ3v) is 0. The molecule has 0 aromatic heterocycles. The summed E-state index contributed by atoms with van der Waals surface area (Å²) in [5, 5.41) is 20.2. The Bertz CT molecular complexity index is 10.1. The predicted molar refractivity (Wildman–Crippen MR) is 3.32 cm³/mol. The van der Waals surface area contributed by atoms with E-state index in [1.807, 2.05) is 0 Å². The molecule has 0 aromatic rings. The first-order chi connectivity index (χ1) is 3.00. The molecule has 0 bridgehead atoms. The van der Waals surface area contributed by atoms with Gasteiger partial charge in [0, 0.05) is 0 Å². The summed E-state index contributed by atoms with van der Waals surface area (Å²) < 4.78 is 24.8. The molecule has 0 rings (SSSR count). The summed E-state index contributed by atoms with van der Waals surface area (Å²) in [4.78, 5) is 0. The minimum absolute atomic E-state index is 0. The Morgan fingerprint density at radius 1 is 0.571 bits per heavy atom. The van der Waals surface area contributed by atoms with Crippen molar-refractivity contribution in [1.82, 2.24) is 0 Å². The summed E-state index contributed by atoms with van der Waals surface area (Å²) >= 11 is 0. The molecule has 0 aliphatic heterocycles. The van der Waals surface area contributed by atoms with Crippen LogP contribution in [0.25, 0.3) is 0 Å². The minimum atomic E-state index is 0. The largest absolute Gasteiger partial charge is 3.00 e. The van der Waals surface area contributed by atoms with Crippen LogP contribution in [0.3, 0.4) is 0 Å². The van der Waals surface area contributed by atoms with E-state index >= 15 is 0 Å². The molecule has 1 radical (unpaired) electrons. The van der Waals surface area contributed by atoms with Crippen LogP contribution < -0.4 is 15.9 Å². The third kappa shape index (κ3) is 3030. The SMILES string of the molecule is [Fe+3].[O-]F.[O-]F.[O-]F. The first-order valence-electron chi connectivity index (χ1n) is 0.463. The van der Waals surface area contributed by atoms with E-state index < -0.39 is 0 Å². The Balaban J connectivity index is -0.00000000900. The number of hydrogen-bond acceptors (Lipinski definition) is 3. The smallest absolute Gasteiger partial charge is 0.682 e. The van der Waals surface area contributed by atoms with Crippen molar-refractivity contribution in [2.75, 3.05) is 0 Å². The summed E-state index contributed by atoms with van der Waals surface area (Å²) in [5.41, 5.74) is 0. The summed E-state index contributed by atoms with van der Waals surface area (Å²) in [6.07, 6.45) is 0. The van der Waals surface area contributed by atoms with Crippen molar-refractivity contribution in [2.24, 2.45) is 0 Å². The standard InChI is InChI=1S/3FO.Fe/c3*1-2;/q3*-1;+3. The zero-order valence-corrected chi connectivity index (χ0v) is 3.82. The molecular weight excluding hydrogens is 161 g/mol. The second-order valence-electron chi connectivity index (χ2n) is 0. The van der Waals surface area contributed by atoms with E-state index in [4.69, 9.17) is 29.5 Å². The molecule has 0 amide bonds. The maximum atomic E-state index is 8.25. The molecule has 3 nitrogen and oxygen atoms in total. The molecule has 0 fully saturated rings. The molecule has 0 unspecified atom stereocenters. The van der Waals surface area contributed by atoms with E-state index in [9.17, 15) is 0 Å². The molecule has 0 N–H and O–H groups in total. The molecule has 0 spiro atoms. The van der Waals surface area contributed by atoms with Crippen molar-refractivity contribution >= 4 is 0 Å². The Hall–Kier alpha value is 0.189. The maximum Gasteiger partial charge on any atom is 3.00 e. The molecule has 0 aliphatic rings. The van der Waals surface area contributed by atoms with Gasteiger partial charge in [-0.3, -0.25) is 0 Å². The molecule has 0 saturated heterocycles. The fraction of sp³-hybridized carbons (Fsp3) is 0. The van der Waals surface area contributed by atoms with E-state index in [1.54, 1.807) is 0 Å². The van der Waals surface area contributed by atoms with Crippen LogP contribution in [-0.2, 0) is 17.1 Å². The van der Waals surface area contributed by atoms with Gasteiger partial charge in [-0.05, 0) is 0 Å². The van der Waals surface area contributed by atoms with Gasteiger partial charge in [-0.25, -0.2) is 0 Å². The molecule has 0 saturated carbocycles. The van der Waals surface area contributed by atoms with Crippen LogP contribution >= 0.6 is 0 Å². The van der Waals surface area contributed by atoms with Crippen LogP contribution in [0.1, 0.15) is 0 Å². The Morgan fingerprint density at radius 3 is 0.571 bits per heavy atom. The normalized spacial score (nSPS) is 2.57. The van der Waals surface area contributed by atoms with Crippen molar-refractivity contribution in [2.45, 2.75) is 0 Å². The van der Waals surface area contributed by atoms with E-state index in [2.05, 4.69) is 0 Å². The van der Waals surface area contributed by atoms with Gasteiger partial charge in [0.1, 0.15) is 0 Å². The third-order valence-electron chi connectivity index (χ3n) is 0. The van der Waals surface area contributed by atoms with E-state index in [1.165, 1.54) is 0 Å².